The van der Waals surface area contributed by atoms with Crippen LogP contribution in [0.25, 0.3) is 0 Å². The van der Waals surface area contributed by atoms with Crippen molar-refractivity contribution in [2.45, 2.75) is 19.3 Å². The Hall–Kier alpha value is -0.570. The summed E-state index contributed by atoms with van der Waals surface area (Å²) in [4.78, 5) is 10.8. The third kappa shape index (κ3) is 1.99. The van der Waals surface area contributed by atoms with Crippen molar-refractivity contribution < 1.29 is 9.90 Å². The largest absolute Gasteiger partial charge is 0.396 e. The molecular formula is C7H13NO2. The van der Waals surface area contributed by atoms with E-state index in [1.165, 1.54) is 0 Å². The molecule has 10 heavy (non-hydrogen) atoms. The Morgan fingerprint density at radius 3 is 3.10 bits per heavy atom. The SMILES string of the molecule is O=C1CCC(CO)CCN1. The van der Waals surface area contributed by atoms with Crippen LogP contribution in [0.15, 0.2) is 0 Å². The molecule has 1 amide bonds. The van der Waals surface area contributed by atoms with Crippen molar-refractivity contribution in [2.24, 2.45) is 5.92 Å². The molecule has 1 rings (SSSR count). The van der Waals surface area contributed by atoms with Crippen molar-refractivity contribution in [3.8, 4) is 0 Å². The smallest absolute Gasteiger partial charge is 0.220 e. The molecule has 1 aliphatic rings. The van der Waals surface area contributed by atoms with Gasteiger partial charge in [-0.25, -0.2) is 0 Å². The first-order valence-corrected chi connectivity index (χ1v) is 3.70. The summed E-state index contributed by atoms with van der Waals surface area (Å²) in [6, 6.07) is 0. The van der Waals surface area contributed by atoms with E-state index < -0.39 is 0 Å². The zero-order valence-electron chi connectivity index (χ0n) is 5.97. The molecular weight excluding hydrogens is 130 g/mol. The summed E-state index contributed by atoms with van der Waals surface area (Å²) in [7, 11) is 0. The molecule has 0 aromatic heterocycles. The Morgan fingerprint density at radius 2 is 2.40 bits per heavy atom. The Labute approximate surface area is 60.4 Å². The highest BCUT2D eigenvalue weighted by atomic mass is 16.3. The number of amides is 1. The summed E-state index contributed by atoms with van der Waals surface area (Å²) in [5, 5.41) is 11.5. The minimum Gasteiger partial charge on any atom is -0.396 e. The van der Waals surface area contributed by atoms with Gasteiger partial charge in [0.1, 0.15) is 0 Å². The van der Waals surface area contributed by atoms with Crippen LogP contribution < -0.4 is 5.32 Å². The van der Waals surface area contributed by atoms with Crippen LogP contribution in [0.2, 0.25) is 0 Å². The number of nitrogens with one attached hydrogen (secondary N) is 1. The molecule has 3 heteroatoms. The van der Waals surface area contributed by atoms with Gasteiger partial charge in [0.25, 0.3) is 0 Å². The topological polar surface area (TPSA) is 49.3 Å². The number of hydrogen-bond donors (Lipinski definition) is 2. The molecule has 1 heterocycles. The number of rotatable bonds is 1. The molecule has 0 radical (unpaired) electrons. The number of aliphatic hydroxyl groups is 1. The fourth-order valence-corrected chi connectivity index (χ4v) is 1.17. The molecule has 3 nitrogen and oxygen atoms in total. The van der Waals surface area contributed by atoms with Gasteiger partial charge in [0, 0.05) is 19.6 Å². The molecule has 1 unspecified atom stereocenters. The molecule has 58 valence electrons. The van der Waals surface area contributed by atoms with Gasteiger partial charge in [0.15, 0.2) is 0 Å². The maximum Gasteiger partial charge on any atom is 0.220 e. The molecule has 1 saturated heterocycles. The molecule has 0 spiro atoms. The Kier molecular flexibility index (Phi) is 2.68. The fourth-order valence-electron chi connectivity index (χ4n) is 1.17. The van der Waals surface area contributed by atoms with E-state index in [2.05, 4.69) is 5.32 Å². The van der Waals surface area contributed by atoms with Gasteiger partial charge in [-0.15, -0.1) is 0 Å². The highest BCUT2D eigenvalue weighted by molar-refractivity contribution is 5.76. The normalized spacial score (nSPS) is 27.3. The van der Waals surface area contributed by atoms with Gasteiger partial charge in [-0.2, -0.15) is 0 Å². The first kappa shape index (κ1) is 7.54. The minimum atomic E-state index is 0.121. The summed E-state index contributed by atoms with van der Waals surface area (Å²) >= 11 is 0. The maximum absolute atomic E-state index is 10.8. The van der Waals surface area contributed by atoms with Crippen molar-refractivity contribution in [1.29, 1.82) is 0 Å². The predicted octanol–water partition coefficient (Wildman–Crippen LogP) is -0.105. The van der Waals surface area contributed by atoms with Crippen molar-refractivity contribution in [2.75, 3.05) is 13.2 Å². The second kappa shape index (κ2) is 3.56. The summed E-state index contributed by atoms with van der Waals surface area (Å²) in [6.07, 6.45) is 2.33. The van der Waals surface area contributed by atoms with Crippen LogP contribution in [0.1, 0.15) is 19.3 Å². The fraction of sp³-hybridized carbons (Fsp3) is 0.857. The molecule has 0 aromatic carbocycles. The lowest BCUT2D eigenvalue weighted by atomic mass is 10.0. The van der Waals surface area contributed by atoms with Gasteiger partial charge in [0.2, 0.25) is 5.91 Å². The predicted molar refractivity (Wildman–Crippen MR) is 37.4 cm³/mol. The van der Waals surface area contributed by atoms with E-state index in [9.17, 15) is 4.79 Å². The molecule has 0 bridgehead atoms. The van der Waals surface area contributed by atoms with E-state index in [1.54, 1.807) is 0 Å². The quantitative estimate of drug-likeness (QED) is 0.538. The first-order chi connectivity index (χ1) is 4.83. The third-order valence-corrected chi connectivity index (χ3v) is 1.91. The minimum absolute atomic E-state index is 0.121. The molecule has 1 fully saturated rings. The third-order valence-electron chi connectivity index (χ3n) is 1.91. The van der Waals surface area contributed by atoms with E-state index >= 15 is 0 Å². The zero-order chi connectivity index (χ0) is 7.40. The summed E-state index contributed by atoms with van der Waals surface area (Å²) in [5.41, 5.74) is 0. The molecule has 0 aromatic rings. The maximum atomic E-state index is 10.8. The van der Waals surface area contributed by atoms with Gasteiger partial charge in [-0.1, -0.05) is 0 Å². The number of carbonyl (C=O) groups excluding carboxylic acids is 1. The Morgan fingerprint density at radius 1 is 1.60 bits per heavy atom. The Bertz CT molecular complexity index is 125. The monoisotopic (exact) mass is 143 g/mol. The lowest BCUT2D eigenvalue weighted by Gasteiger charge is -2.06. The zero-order valence-corrected chi connectivity index (χ0v) is 5.97. The highest BCUT2D eigenvalue weighted by Gasteiger charge is 2.14. The van der Waals surface area contributed by atoms with Crippen LogP contribution in [-0.2, 0) is 4.79 Å². The lowest BCUT2D eigenvalue weighted by molar-refractivity contribution is -0.120. The van der Waals surface area contributed by atoms with E-state index in [4.69, 9.17) is 5.11 Å². The van der Waals surface area contributed by atoms with Gasteiger partial charge in [0.05, 0.1) is 0 Å². The highest BCUT2D eigenvalue weighted by Crippen LogP contribution is 2.12. The van der Waals surface area contributed by atoms with Gasteiger partial charge in [-0.05, 0) is 18.8 Å². The average molecular weight is 143 g/mol. The van der Waals surface area contributed by atoms with E-state index in [-0.39, 0.29) is 12.5 Å². The van der Waals surface area contributed by atoms with Crippen LogP contribution in [0.5, 0.6) is 0 Å². The van der Waals surface area contributed by atoms with Crippen molar-refractivity contribution in [3.63, 3.8) is 0 Å². The number of carbonyl (C=O) groups is 1. The average Bonchev–Trinajstić information content (AvgIpc) is 2.14. The van der Waals surface area contributed by atoms with Gasteiger partial charge < -0.3 is 10.4 Å². The number of aliphatic hydroxyl groups excluding tert-OH is 1. The molecule has 1 aliphatic heterocycles. The van der Waals surface area contributed by atoms with E-state index in [0.29, 0.717) is 12.3 Å². The Balaban J connectivity index is 2.33. The molecule has 2 N–H and O–H groups in total. The van der Waals surface area contributed by atoms with Gasteiger partial charge >= 0.3 is 0 Å². The molecule has 0 saturated carbocycles. The summed E-state index contributed by atoms with van der Waals surface area (Å²) in [6.45, 7) is 0.943. The van der Waals surface area contributed by atoms with Crippen molar-refractivity contribution in [3.05, 3.63) is 0 Å². The lowest BCUT2D eigenvalue weighted by Crippen LogP contribution is -2.21. The van der Waals surface area contributed by atoms with E-state index in [1.807, 2.05) is 0 Å². The van der Waals surface area contributed by atoms with Crippen LogP contribution >= 0.6 is 0 Å². The standard InChI is InChI=1S/C7H13NO2/c9-5-6-1-2-7(10)8-4-3-6/h6,9H,1-5H2,(H,8,10). The van der Waals surface area contributed by atoms with Crippen LogP contribution in [0.3, 0.4) is 0 Å². The van der Waals surface area contributed by atoms with Crippen molar-refractivity contribution in [1.82, 2.24) is 5.32 Å². The van der Waals surface area contributed by atoms with Crippen LogP contribution in [0.4, 0.5) is 0 Å². The summed E-state index contributed by atoms with van der Waals surface area (Å²) < 4.78 is 0. The number of hydrogen-bond acceptors (Lipinski definition) is 2. The van der Waals surface area contributed by atoms with Crippen molar-refractivity contribution >= 4 is 5.91 Å². The first-order valence-electron chi connectivity index (χ1n) is 3.70. The van der Waals surface area contributed by atoms with Gasteiger partial charge in [-0.3, -0.25) is 4.79 Å². The second-order valence-electron chi connectivity index (χ2n) is 2.73. The summed E-state index contributed by atoms with van der Waals surface area (Å²) in [5.74, 6) is 0.454. The van der Waals surface area contributed by atoms with Crippen LogP contribution in [-0.4, -0.2) is 24.2 Å². The second-order valence-corrected chi connectivity index (χ2v) is 2.73. The molecule has 1 atom stereocenters. The molecule has 0 aliphatic carbocycles. The van der Waals surface area contributed by atoms with Crippen LogP contribution in [0, 0.1) is 5.92 Å². The van der Waals surface area contributed by atoms with E-state index in [0.717, 1.165) is 19.4 Å².